The summed E-state index contributed by atoms with van der Waals surface area (Å²) in [5.41, 5.74) is 4.88. The molecule has 6 atom stereocenters. The molecule has 12 nitrogen and oxygen atoms in total. The third kappa shape index (κ3) is 4.12. The molecule has 2 saturated carbocycles. The van der Waals surface area contributed by atoms with E-state index in [0.717, 1.165) is 0 Å². The number of hydrogen-bond acceptors (Lipinski definition) is 11. The number of ether oxygens (including phenoxy) is 1. The summed E-state index contributed by atoms with van der Waals surface area (Å²) in [6, 6.07) is 7.12. The number of aromatic hydroxyl groups is 1. The number of primary amides is 1. The Balaban J connectivity index is 1.64. The average molecular weight is 578 g/mol. The molecular weight excluding hydrogens is 546 g/mol. The Morgan fingerprint density at radius 2 is 1.83 bits per heavy atom. The Morgan fingerprint density at radius 1 is 1.12 bits per heavy atom. The van der Waals surface area contributed by atoms with Crippen molar-refractivity contribution in [2.75, 3.05) is 28.3 Å². The fourth-order valence-corrected chi connectivity index (χ4v) is 6.99. The summed E-state index contributed by atoms with van der Waals surface area (Å²) >= 11 is 0. The molecule has 42 heavy (non-hydrogen) atoms. The van der Waals surface area contributed by atoms with E-state index in [1.807, 2.05) is 0 Å². The fraction of sp³-hybridized carbons (Fsp3) is 0.400. The Hall–Kier alpha value is -4.42. The number of Topliss-reactive ketones (excluding diaryl/α,β-unsaturated/α-hetero) is 4. The molecule has 12 heteroatoms. The van der Waals surface area contributed by atoms with E-state index in [-0.39, 0.29) is 24.2 Å². The van der Waals surface area contributed by atoms with Gasteiger partial charge in [-0.25, -0.2) is 0 Å². The first kappa shape index (κ1) is 29.1. The number of phenolic OH excluding ortho intramolecular Hbond substituents is 1. The number of hydrogen-bond donors (Lipinski definition) is 3. The number of methoxy groups -OCH3 is 1. The molecule has 0 radical (unpaired) electrons. The highest BCUT2D eigenvalue weighted by Crippen LogP contribution is 2.51. The highest BCUT2D eigenvalue weighted by molar-refractivity contribution is 6.32. The predicted octanol–water partition coefficient (Wildman–Crippen LogP) is 0.523. The molecule has 0 spiro atoms. The monoisotopic (exact) mass is 577 g/mol. The Morgan fingerprint density at radius 3 is 2.45 bits per heavy atom. The lowest BCUT2D eigenvalue weighted by molar-refractivity contribution is -0.181. The number of carbonyl (C=O) groups is 5. The summed E-state index contributed by atoms with van der Waals surface area (Å²) in [5.74, 6) is -10.4. The van der Waals surface area contributed by atoms with Crippen molar-refractivity contribution >= 4 is 35.3 Å². The van der Waals surface area contributed by atoms with Crippen molar-refractivity contribution in [3.8, 4) is 22.6 Å². The van der Waals surface area contributed by atoms with Crippen molar-refractivity contribution in [2.45, 2.75) is 24.5 Å². The molecule has 3 aliphatic rings. The molecule has 0 aromatic heterocycles. The minimum Gasteiger partial charge on any atom is -0.507 e. The maximum absolute atomic E-state index is 14.0. The average Bonchev–Trinajstić information content (AvgIpc) is 2.93. The highest BCUT2D eigenvalue weighted by Gasteiger charge is 2.69. The van der Waals surface area contributed by atoms with Crippen molar-refractivity contribution in [3.05, 3.63) is 47.0 Å². The van der Waals surface area contributed by atoms with Gasteiger partial charge in [-0.1, -0.05) is 17.3 Å². The van der Waals surface area contributed by atoms with Gasteiger partial charge >= 0.3 is 0 Å². The van der Waals surface area contributed by atoms with Crippen LogP contribution in [0, 0.1) is 23.7 Å². The van der Waals surface area contributed by atoms with Crippen LogP contribution in [0.1, 0.15) is 27.9 Å². The van der Waals surface area contributed by atoms with Crippen molar-refractivity contribution in [1.29, 1.82) is 0 Å². The van der Waals surface area contributed by atoms with Gasteiger partial charge in [0, 0.05) is 11.5 Å². The van der Waals surface area contributed by atoms with E-state index in [4.69, 9.17) is 15.3 Å². The Bertz CT molecular complexity index is 1570. The van der Waals surface area contributed by atoms with Gasteiger partial charge in [-0.15, -0.1) is 0 Å². The largest absolute Gasteiger partial charge is 0.507 e. The topological polar surface area (TPSA) is 186 Å². The molecule has 2 aromatic carbocycles. The molecule has 1 amide bonds. The number of aliphatic hydroxyl groups is 1. The number of ketones is 4. The number of amides is 1. The Kier molecular flexibility index (Phi) is 7.23. The molecule has 3 aliphatic carbocycles. The number of fused-ring (bicyclic) bond motifs is 3. The SMILES string of the molecule is CO/N=C/c1cc(-c2ccc(O)c3c2C[C@@H]2C[C@@H]4[C@@H](N(C)C)C(=O)C(C(N)=O)C(=O)[C@]4(O)C(=O)C2C3=O)ccc1OC. The van der Waals surface area contributed by atoms with Crippen LogP contribution in [0.25, 0.3) is 11.1 Å². The molecule has 0 heterocycles. The molecular formula is C30H31N3O9. The fourth-order valence-electron chi connectivity index (χ4n) is 6.99. The van der Waals surface area contributed by atoms with Gasteiger partial charge in [-0.3, -0.25) is 28.9 Å². The predicted molar refractivity (Wildman–Crippen MR) is 148 cm³/mol. The first-order valence-electron chi connectivity index (χ1n) is 13.3. The number of oxime groups is 1. The minimum atomic E-state index is -2.77. The molecule has 0 bridgehead atoms. The second-order valence-corrected chi connectivity index (χ2v) is 11.1. The van der Waals surface area contributed by atoms with E-state index in [0.29, 0.717) is 28.0 Å². The van der Waals surface area contributed by atoms with Crippen LogP contribution >= 0.6 is 0 Å². The molecule has 2 fully saturated rings. The van der Waals surface area contributed by atoms with Crippen LogP contribution in [0.15, 0.2) is 35.5 Å². The lowest BCUT2D eigenvalue weighted by Crippen LogP contribution is -2.74. The summed E-state index contributed by atoms with van der Waals surface area (Å²) in [4.78, 5) is 73.0. The van der Waals surface area contributed by atoms with Crippen molar-refractivity contribution in [1.82, 2.24) is 4.90 Å². The Labute approximate surface area is 241 Å². The summed E-state index contributed by atoms with van der Waals surface area (Å²) in [5, 5.41) is 26.3. The molecule has 0 aliphatic heterocycles. The van der Waals surface area contributed by atoms with Crippen LogP contribution in [-0.4, -0.2) is 90.3 Å². The number of phenols is 1. The molecule has 2 unspecified atom stereocenters. The van der Waals surface area contributed by atoms with Crippen LogP contribution < -0.4 is 10.5 Å². The van der Waals surface area contributed by atoms with Crippen LogP contribution in [-0.2, 0) is 30.4 Å². The standard InChI is InChI=1S/C30H31N3O9/c1-33(2)24-18-11-14-10-17-16(13-5-8-20(41-3)15(9-13)12-32-42-4)6-7-19(34)22(17)25(35)21(14)27(37)30(18,40)28(38)23(26(24)36)29(31)39/h5-9,12,14,18,21,23-24,34,40H,10-11H2,1-4H3,(H2,31,39)/b32-12+/t14-,18-,21?,23?,24-,30-/m1/s1. The number of benzene rings is 2. The summed E-state index contributed by atoms with van der Waals surface area (Å²) in [6.45, 7) is 0. The van der Waals surface area contributed by atoms with Gasteiger partial charge in [-0.05, 0) is 67.7 Å². The second kappa shape index (κ2) is 10.4. The first-order valence-corrected chi connectivity index (χ1v) is 13.3. The van der Waals surface area contributed by atoms with Crippen LogP contribution in [0.4, 0.5) is 0 Å². The van der Waals surface area contributed by atoms with Crippen molar-refractivity contribution < 1.29 is 43.8 Å². The number of carbonyl (C=O) groups excluding carboxylic acids is 5. The van der Waals surface area contributed by atoms with Gasteiger partial charge in [0.1, 0.15) is 18.6 Å². The summed E-state index contributed by atoms with van der Waals surface area (Å²) in [7, 11) is 5.99. The zero-order valence-corrected chi connectivity index (χ0v) is 23.5. The van der Waals surface area contributed by atoms with E-state index in [2.05, 4.69) is 5.16 Å². The van der Waals surface area contributed by atoms with Crippen LogP contribution in [0.3, 0.4) is 0 Å². The minimum absolute atomic E-state index is 0.0344. The molecule has 2 aromatic rings. The van der Waals surface area contributed by atoms with Gasteiger partial charge in [0.15, 0.2) is 34.7 Å². The lowest BCUT2D eigenvalue weighted by atomic mass is 9.52. The van der Waals surface area contributed by atoms with Crippen molar-refractivity contribution in [2.24, 2.45) is 34.6 Å². The molecule has 220 valence electrons. The van der Waals surface area contributed by atoms with Gasteiger partial charge in [0.25, 0.3) is 0 Å². The third-order valence-electron chi connectivity index (χ3n) is 8.78. The van der Waals surface area contributed by atoms with Crippen LogP contribution in [0.5, 0.6) is 11.5 Å². The zero-order chi connectivity index (χ0) is 30.7. The number of nitrogens with two attached hydrogens (primary N) is 1. The quantitative estimate of drug-likeness (QED) is 0.248. The highest BCUT2D eigenvalue weighted by atomic mass is 16.6. The van der Waals surface area contributed by atoms with E-state index in [9.17, 15) is 34.2 Å². The van der Waals surface area contributed by atoms with Crippen LogP contribution in [0.2, 0.25) is 0 Å². The van der Waals surface area contributed by atoms with E-state index in [1.165, 1.54) is 31.4 Å². The smallest absolute Gasteiger partial charge is 0.235 e. The van der Waals surface area contributed by atoms with Gasteiger partial charge in [0.05, 0.1) is 30.8 Å². The normalized spacial score (nSPS) is 28.9. The number of rotatable bonds is 6. The van der Waals surface area contributed by atoms with Gasteiger partial charge < -0.3 is 25.5 Å². The number of likely N-dealkylation sites (N-methyl/N-ethyl adjacent to an activating group) is 1. The van der Waals surface area contributed by atoms with E-state index < -0.39 is 64.4 Å². The van der Waals surface area contributed by atoms with Crippen molar-refractivity contribution in [3.63, 3.8) is 0 Å². The van der Waals surface area contributed by atoms with E-state index >= 15 is 0 Å². The summed E-state index contributed by atoms with van der Waals surface area (Å²) in [6.07, 6.45) is 1.57. The maximum Gasteiger partial charge on any atom is 0.235 e. The first-order chi connectivity index (χ1) is 19.9. The molecule has 0 saturated heterocycles. The third-order valence-corrected chi connectivity index (χ3v) is 8.78. The summed E-state index contributed by atoms with van der Waals surface area (Å²) < 4.78 is 5.40. The second-order valence-electron chi connectivity index (χ2n) is 11.1. The zero-order valence-electron chi connectivity index (χ0n) is 23.5. The van der Waals surface area contributed by atoms with E-state index in [1.54, 1.807) is 38.4 Å². The van der Waals surface area contributed by atoms with Gasteiger partial charge in [-0.2, -0.15) is 0 Å². The number of nitrogens with zero attached hydrogens (tertiary/aromatic N) is 2. The molecule has 4 N–H and O–H groups in total. The molecule has 5 rings (SSSR count). The maximum atomic E-state index is 14.0. The lowest BCUT2D eigenvalue weighted by Gasteiger charge is -2.52. The van der Waals surface area contributed by atoms with Gasteiger partial charge in [0.2, 0.25) is 5.91 Å².